The number of hydrogen-bond acceptors (Lipinski definition) is 8. The van der Waals surface area contributed by atoms with Crippen molar-refractivity contribution in [3.8, 4) is 0 Å². The Labute approximate surface area is 167 Å². The van der Waals surface area contributed by atoms with Gasteiger partial charge in [0.1, 0.15) is 11.5 Å². The number of aryl methyl sites for hydroxylation is 1. The van der Waals surface area contributed by atoms with Crippen LogP contribution in [0.3, 0.4) is 0 Å². The molecule has 0 aliphatic carbocycles. The van der Waals surface area contributed by atoms with Gasteiger partial charge in [-0.2, -0.15) is 0 Å². The lowest BCUT2D eigenvalue weighted by atomic mass is 10.1. The van der Waals surface area contributed by atoms with E-state index < -0.39 is 0 Å². The zero-order valence-electron chi connectivity index (χ0n) is 16.6. The van der Waals surface area contributed by atoms with Crippen LogP contribution in [0.2, 0.25) is 0 Å². The van der Waals surface area contributed by atoms with E-state index in [-0.39, 0.29) is 11.9 Å². The van der Waals surface area contributed by atoms with Gasteiger partial charge < -0.3 is 26.1 Å². The molecule has 1 aliphatic heterocycles. The van der Waals surface area contributed by atoms with E-state index in [0.717, 1.165) is 5.56 Å². The number of fused-ring (bicyclic) bond motifs is 3. The van der Waals surface area contributed by atoms with Crippen LogP contribution in [0.25, 0.3) is 5.65 Å². The average Bonchev–Trinajstić information content (AvgIpc) is 2.98. The van der Waals surface area contributed by atoms with Gasteiger partial charge in [0.25, 0.3) is 5.91 Å². The summed E-state index contributed by atoms with van der Waals surface area (Å²) in [7, 11) is 1.72. The maximum atomic E-state index is 12.8. The van der Waals surface area contributed by atoms with Gasteiger partial charge in [-0.05, 0) is 31.5 Å². The summed E-state index contributed by atoms with van der Waals surface area (Å²) in [4.78, 5) is 21.7. The Hall–Kier alpha value is -3.37. The van der Waals surface area contributed by atoms with Gasteiger partial charge in [-0.25, -0.2) is 15.8 Å². The van der Waals surface area contributed by atoms with E-state index in [9.17, 15) is 4.79 Å². The van der Waals surface area contributed by atoms with E-state index in [1.54, 1.807) is 30.8 Å². The second-order valence-electron chi connectivity index (χ2n) is 7.25. The van der Waals surface area contributed by atoms with E-state index in [1.165, 1.54) is 5.01 Å². The molecule has 1 unspecified atom stereocenters. The number of benzene rings is 1. The van der Waals surface area contributed by atoms with E-state index in [2.05, 4.69) is 20.6 Å². The fourth-order valence-electron chi connectivity index (χ4n) is 3.41. The van der Waals surface area contributed by atoms with Crippen LogP contribution < -0.4 is 27.2 Å². The molecular weight excluding hydrogens is 372 g/mol. The van der Waals surface area contributed by atoms with Crippen molar-refractivity contribution >= 4 is 34.4 Å². The topological polar surface area (TPSA) is 136 Å². The second-order valence-corrected chi connectivity index (χ2v) is 7.25. The third-order valence-electron chi connectivity index (χ3n) is 4.77. The molecule has 1 aromatic carbocycles. The molecule has 0 radical (unpaired) electrons. The van der Waals surface area contributed by atoms with E-state index >= 15 is 0 Å². The summed E-state index contributed by atoms with van der Waals surface area (Å²) in [6.07, 6.45) is 3.34. The van der Waals surface area contributed by atoms with Crippen LogP contribution in [0, 0.1) is 6.92 Å². The minimum atomic E-state index is -0.217. The number of carbonyl (C=O) groups excluding carboxylic acids is 1. The number of nitrogens with two attached hydrogens (primary N) is 2. The number of rotatable bonds is 1. The number of carbonyl (C=O) groups is 1. The number of imidazole rings is 1. The first-order valence-electron chi connectivity index (χ1n) is 9.24. The maximum Gasteiger partial charge on any atom is 0.270 e. The van der Waals surface area contributed by atoms with Crippen LogP contribution in [-0.4, -0.2) is 40.0 Å². The van der Waals surface area contributed by atoms with Gasteiger partial charge in [0.2, 0.25) is 0 Å². The fourth-order valence-corrected chi connectivity index (χ4v) is 3.41. The summed E-state index contributed by atoms with van der Waals surface area (Å²) in [6.45, 7) is 4.39. The standard InChI is InChI=1S/C19H24N8O2/c1-10-8-29-9-12-4-13(17(20)14(5-12)26(3)21)25-15-7-27-16(6-22-15)24-11(2)18(27)19(28)23-10/h4-7,10,25H,8-9,20-21H2,1-3H3,(H,23,28). The molecule has 0 fully saturated rings. The Morgan fingerprint density at radius 1 is 1.38 bits per heavy atom. The lowest BCUT2D eigenvalue weighted by Crippen LogP contribution is -2.36. The van der Waals surface area contributed by atoms with Crippen LogP contribution >= 0.6 is 0 Å². The van der Waals surface area contributed by atoms with E-state index in [1.807, 2.05) is 19.1 Å². The van der Waals surface area contributed by atoms with Crippen molar-refractivity contribution in [1.82, 2.24) is 19.7 Å². The SMILES string of the molecule is Cc1nc2cnc3cn2c1C(=O)NC(C)COCc1cc(c(N)c(N(C)N)c1)N3. The Kier molecular flexibility index (Phi) is 4.73. The van der Waals surface area contributed by atoms with Gasteiger partial charge in [0.05, 0.1) is 48.4 Å². The zero-order valence-corrected chi connectivity index (χ0v) is 16.6. The molecule has 1 atom stereocenters. The molecule has 0 spiro atoms. The zero-order chi connectivity index (χ0) is 20.7. The maximum absolute atomic E-state index is 12.8. The molecule has 3 heterocycles. The summed E-state index contributed by atoms with van der Waals surface area (Å²) in [5.41, 5.74) is 10.7. The molecule has 152 valence electrons. The first-order chi connectivity index (χ1) is 13.8. The van der Waals surface area contributed by atoms with Gasteiger partial charge in [0.15, 0.2) is 5.65 Å². The number of nitrogens with one attached hydrogen (secondary N) is 2. The van der Waals surface area contributed by atoms with Gasteiger partial charge in [-0.3, -0.25) is 9.20 Å². The van der Waals surface area contributed by atoms with Crippen LogP contribution in [-0.2, 0) is 11.3 Å². The van der Waals surface area contributed by atoms with Crippen molar-refractivity contribution in [3.05, 3.63) is 41.5 Å². The first kappa shape index (κ1) is 19.0. The first-order valence-corrected chi connectivity index (χ1v) is 9.24. The summed E-state index contributed by atoms with van der Waals surface area (Å²) in [5.74, 6) is 6.25. The third kappa shape index (κ3) is 3.55. The van der Waals surface area contributed by atoms with Crippen molar-refractivity contribution in [2.45, 2.75) is 26.5 Å². The van der Waals surface area contributed by atoms with Gasteiger partial charge in [-0.1, -0.05) is 0 Å². The predicted molar refractivity (Wildman–Crippen MR) is 111 cm³/mol. The molecule has 0 saturated heterocycles. The van der Waals surface area contributed by atoms with Crippen molar-refractivity contribution in [2.75, 3.05) is 29.7 Å². The van der Waals surface area contributed by atoms with Crippen LogP contribution in [0.1, 0.15) is 28.7 Å². The smallest absolute Gasteiger partial charge is 0.270 e. The number of ether oxygens (including phenoxy) is 1. The molecule has 29 heavy (non-hydrogen) atoms. The number of nitrogens with zero attached hydrogens (tertiary/aromatic N) is 4. The highest BCUT2D eigenvalue weighted by Crippen LogP contribution is 2.33. The van der Waals surface area contributed by atoms with Gasteiger partial charge in [0, 0.05) is 13.1 Å². The summed E-state index contributed by atoms with van der Waals surface area (Å²) >= 11 is 0. The Bertz CT molecular complexity index is 1090. The number of amides is 1. The predicted octanol–water partition coefficient (Wildman–Crippen LogP) is 1.32. The molecular formula is C19H24N8O2. The number of hydrogen-bond donors (Lipinski definition) is 4. The van der Waals surface area contributed by atoms with Crippen molar-refractivity contribution in [1.29, 1.82) is 0 Å². The van der Waals surface area contributed by atoms with Crippen LogP contribution in [0.4, 0.5) is 22.9 Å². The number of anilines is 4. The second kappa shape index (κ2) is 7.22. The van der Waals surface area contributed by atoms with Crippen LogP contribution in [0.5, 0.6) is 0 Å². The molecule has 3 aromatic rings. The summed E-state index contributed by atoms with van der Waals surface area (Å²) in [6, 6.07) is 3.60. The van der Waals surface area contributed by atoms with Gasteiger partial charge >= 0.3 is 0 Å². The number of hydrazine groups is 1. The lowest BCUT2D eigenvalue weighted by molar-refractivity contribution is 0.0815. The Balaban J connectivity index is 1.88. The molecule has 0 saturated carbocycles. The van der Waals surface area contributed by atoms with Gasteiger partial charge in [-0.15, -0.1) is 0 Å². The highest BCUT2D eigenvalue weighted by molar-refractivity contribution is 5.95. The largest absolute Gasteiger partial charge is 0.395 e. The molecule has 2 aromatic heterocycles. The highest BCUT2D eigenvalue weighted by Gasteiger charge is 2.20. The Morgan fingerprint density at radius 3 is 2.93 bits per heavy atom. The highest BCUT2D eigenvalue weighted by atomic mass is 16.5. The minimum absolute atomic E-state index is 0.181. The summed E-state index contributed by atoms with van der Waals surface area (Å²) in [5, 5.41) is 7.65. The molecule has 6 N–H and O–H groups in total. The Morgan fingerprint density at radius 2 is 2.17 bits per heavy atom. The molecule has 10 nitrogen and oxygen atoms in total. The minimum Gasteiger partial charge on any atom is -0.395 e. The number of aromatic nitrogens is 3. The van der Waals surface area contributed by atoms with Crippen molar-refractivity contribution in [2.24, 2.45) is 5.84 Å². The van der Waals surface area contributed by atoms with E-state index in [4.69, 9.17) is 16.3 Å². The normalized spacial score (nSPS) is 17.0. The monoisotopic (exact) mass is 396 g/mol. The van der Waals surface area contributed by atoms with Crippen LogP contribution in [0.15, 0.2) is 24.5 Å². The molecule has 4 rings (SSSR count). The molecule has 4 bridgehead atoms. The van der Waals surface area contributed by atoms with Crippen molar-refractivity contribution in [3.63, 3.8) is 0 Å². The molecule has 1 amide bonds. The lowest BCUT2D eigenvalue weighted by Gasteiger charge is -2.21. The van der Waals surface area contributed by atoms with Crippen molar-refractivity contribution < 1.29 is 9.53 Å². The quantitative estimate of drug-likeness (QED) is 0.275. The molecule has 1 aliphatic rings. The van der Waals surface area contributed by atoms with E-state index in [0.29, 0.717) is 53.1 Å². The number of nitrogen functional groups attached to an aromatic ring is 1. The fraction of sp³-hybridized carbons (Fsp3) is 0.316. The summed E-state index contributed by atoms with van der Waals surface area (Å²) < 4.78 is 7.53. The average molecular weight is 396 g/mol. The third-order valence-corrected chi connectivity index (χ3v) is 4.77. The molecule has 10 heteroatoms.